The number of hydrogen-bond donors (Lipinski definition) is 0. The van der Waals surface area contributed by atoms with Crippen molar-refractivity contribution < 1.29 is 0 Å². The highest BCUT2D eigenvalue weighted by molar-refractivity contribution is 9.09. The minimum atomic E-state index is -0.00130. The topological polar surface area (TPSA) is 0 Å². The molecule has 1 atom stereocenters. The van der Waals surface area contributed by atoms with Crippen LogP contribution in [0.2, 0.25) is 0 Å². The fraction of sp³-hybridized carbons (Fsp3) is 0.231. The highest BCUT2D eigenvalue weighted by Gasteiger charge is 2.25. The average molecular weight is 281 g/mol. The molecule has 0 spiro atoms. The van der Waals surface area contributed by atoms with Gasteiger partial charge in [0.2, 0.25) is 0 Å². The molecule has 0 heterocycles. The molecule has 1 aliphatic rings. The van der Waals surface area contributed by atoms with Crippen LogP contribution in [-0.4, -0.2) is 6.26 Å². The van der Waals surface area contributed by atoms with Gasteiger partial charge in [-0.2, -0.15) is 0 Å². The first-order valence-electron chi connectivity index (χ1n) is 4.92. The minimum absolute atomic E-state index is 0.00130. The third kappa shape index (κ3) is 2.37. The third-order valence-electron chi connectivity index (χ3n) is 2.59. The van der Waals surface area contributed by atoms with E-state index in [-0.39, 0.29) is 4.32 Å². The van der Waals surface area contributed by atoms with Crippen LogP contribution < -0.4 is 0 Å². The number of thioether (sulfide) groups is 1. The molecule has 1 unspecified atom stereocenters. The van der Waals surface area contributed by atoms with E-state index >= 15 is 0 Å². The number of allylic oxidation sites excluding steroid dienone is 4. The molecule has 2 rings (SSSR count). The predicted molar refractivity (Wildman–Crippen MR) is 71.7 cm³/mol. The maximum absolute atomic E-state index is 3.81. The van der Waals surface area contributed by atoms with Crippen molar-refractivity contribution in [3.05, 3.63) is 54.1 Å². The molecule has 0 fully saturated rings. The lowest BCUT2D eigenvalue weighted by molar-refractivity contribution is 0.796. The normalized spacial score (nSPS) is 24.4. The lowest BCUT2D eigenvalue weighted by Gasteiger charge is -2.25. The molecule has 0 nitrogen and oxygen atoms in total. The van der Waals surface area contributed by atoms with Crippen LogP contribution >= 0.6 is 27.7 Å². The van der Waals surface area contributed by atoms with E-state index in [1.165, 1.54) is 10.5 Å². The summed E-state index contributed by atoms with van der Waals surface area (Å²) in [5, 5.41) is 0. The molecule has 0 bridgehead atoms. The molecule has 1 aromatic rings. The predicted octanol–water partition coefficient (Wildman–Crippen LogP) is 4.51. The number of benzene rings is 1. The lowest BCUT2D eigenvalue weighted by atomic mass is 9.92. The quantitative estimate of drug-likeness (QED) is 0.567. The lowest BCUT2D eigenvalue weighted by Crippen LogP contribution is -2.15. The van der Waals surface area contributed by atoms with Gasteiger partial charge in [0.15, 0.2) is 0 Å². The Bertz CT molecular complexity index is 392. The van der Waals surface area contributed by atoms with Crippen LogP contribution in [0.25, 0.3) is 0 Å². The largest absolute Gasteiger partial charge is 0.130 e. The van der Waals surface area contributed by atoms with E-state index in [9.17, 15) is 0 Å². The highest BCUT2D eigenvalue weighted by atomic mass is 79.9. The smallest absolute Gasteiger partial charge is 0.0723 e. The van der Waals surface area contributed by atoms with Crippen LogP contribution in [-0.2, 0) is 4.32 Å². The molecule has 0 saturated heterocycles. The first-order valence-corrected chi connectivity index (χ1v) is 6.94. The number of hydrogen-bond acceptors (Lipinski definition) is 1. The Hall–Kier alpha value is -0.470. The fourth-order valence-corrected chi connectivity index (χ4v) is 2.69. The Morgan fingerprint density at radius 3 is 2.47 bits per heavy atom. The molecule has 0 amide bonds. The van der Waals surface area contributed by atoms with E-state index in [4.69, 9.17) is 0 Å². The third-order valence-corrected chi connectivity index (χ3v) is 4.38. The molecule has 0 saturated carbocycles. The van der Waals surface area contributed by atoms with Crippen LogP contribution in [0.15, 0.2) is 53.5 Å². The highest BCUT2D eigenvalue weighted by Crippen LogP contribution is 2.39. The van der Waals surface area contributed by atoms with Gasteiger partial charge in [-0.1, -0.05) is 52.4 Å². The van der Waals surface area contributed by atoms with Crippen LogP contribution in [0.3, 0.4) is 0 Å². The Balaban J connectivity index is 2.29. The minimum Gasteiger partial charge on any atom is -0.130 e. The summed E-state index contributed by atoms with van der Waals surface area (Å²) in [6, 6.07) is 8.75. The Kier molecular flexibility index (Phi) is 3.37. The fourth-order valence-electron chi connectivity index (χ4n) is 1.68. The van der Waals surface area contributed by atoms with Crippen molar-refractivity contribution in [1.82, 2.24) is 0 Å². The molecule has 1 aliphatic carbocycles. The van der Waals surface area contributed by atoms with Crippen molar-refractivity contribution in [3.63, 3.8) is 0 Å². The monoisotopic (exact) mass is 280 g/mol. The van der Waals surface area contributed by atoms with Crippen molar-refractivity contribution in [2.24, 2.45) is 0 Å². The zero-order chi connectivity index (χ0) is 10.7. The summed E-state index contributed by atoms with van der Waals surface area (Å²) in [4.78, 5) is 1.31. The number of alkyl halides is 1. The Morgan fingerprint density at radius 2 is 1.93 bits per heavy atom. The molecule has 0 aromatic heterocycles. The van der Waals surface area contributed by atoms with Gasteiger partial charge in [0.1, 0.15) is 0 Å². The van der Waals surface area contributed by atoms with Gasteiger partial charge in [-0.15, -0.1) is 11.8 Å². The standard InChI is InChI=1S/C13H13BrS/c1-15-12-7-5-11(6-8-12)13(14)9-3-2-4-10-13/h2-9H,10H2,1H3. The molecular formula is C13H13BrS. The number of halogens is 1. The molecule has 0 aliphatic heterocycles. The zero-order valence-electron chi connectivity index (χ0n) is 8.61. The molecule has 15 heavy (non-hydrogen) atoms. The van der Waals surface area contributed by atoms with Gasteiger partial charge in [-0.25, -0.2) is 0 Å². The molecule has 78 valence electrons. The van der Waals surface area contributed by atoms with Crippen molar-refractivity contribution >= 4 is 27.7 Å². The Labute approximate surface area is 104 Å². The van der Waals surface area contributed by atoms with Gasteiger partial charge in [0.25, 0.3) is 0 Å². The van der Waals surface area contributed by atoms with Crippen LogP contribution in [0.4, 0.5) is 0 Å². The van der Waals surface area contributed by atoms with Gasteiger partial charge in [-0.05, 0) is 30.4 Å². The van der Waals surface area contributed by atoms with E-state index < -0.39 is 0 Å². The van der Waals surface area contributed by atoms with Crippen molar-refractivity contribution in [3.8, 4) is 0 Å². The summed E-state index contributed by atoms with van der Waals surface area (Å²) < 4.78 is -0.00130. The van der Waals surface area contributed by atoms with E-state index in [0.717, 1.165) is 6.42 Å². The van der Waals surface area contributed by atoms with Crippen LogP contribution in [0.5, 0.6) is 0 Å². The summed E-state index contributed by atoms with van der Waals surface area (Å²) in [6.45, 7) is 0. The Morgan fingerprint density at radius 1 is 1.20 bits per heavy atom. The van der Waals surface area contributed by atoms with Crippen molar-refractivity contribution in [1.29, 1.82) is 0 Å². The molecular weight excluding hydrogens is 268 g/mol. The van der Waals surface area contributed by atoms with E-state index in [2.05, 4.69) is 70.8 Å². The van der Waals surface area contributed by atoms with Gasteiger partial charge in [-0.3, -0.25) is 0 Å². The van der Waals surface area contributed by atoms with Crippen molar-refractivity contribution in [2.45, 2.75) is 15.6 Å². The molecule has 1 aromatic carbocycles. The van der Waals surface area contributed by atoms with Crippen LogP contribution in [0.1, 0.15) is 12.0 Å². The van der Waals surface area contributed by atoms with Crippen LogP contribution in [0, 0.1) is 0 Å². The molecule has 0 N–H and O–H groups in total. The summed E-state index contributed by atoms with van der Waals surface area (Å²) in [5.41, 5.74) is 1.32. The second-order valence-electron chi connectivity index (χ2n) is 3.58. The summed E-state index contributed by atoms with van der Waals surface area (Å²) in [6.07, 6.45) is 11.7. The summed E-state index contributed by atoms with van der Waals surface area (Å²) in [7, 11) is 0. The van der Waals surface area contributed by atoms with E-state index in [1.807, 2.05) is 0 Å². The maximum atomic E-state index is 3.81. The number of rotatable bonds is 2. The first kappa shape index (κ1) is 11.0. The zero-order valence-corrected chi connectivity index (χ0v) is 11.0. The average Bonchev–Trinajstić information content (AvgIpc) is 2.30. The van der Waals surface area contributed by atoms with Crippen molar-refractivity contribution in [2.75, 3.05) is 6.26 Å². The van der Waals surface area contributed by atoms with E-state index in [0.29, 0.717) is 0 Å². The first-order chi connectivity index (χ1) is 7.24. The summed E-state index contributed by atoms with van der Waals surface area (Å²) in [5.74, 6) is 0. The van der Waals surface area contributed by atoms with E-state index in [1.54, 1.807) is 11.8 Å². The SMILES string of the molecule is CSc1ccc(C2(Br)C=CC=CC2)cc1. The second-order valence-corrected chi connectivity index (χ2v) is 5.88. The maximum Gasteiger partial charge on any atom is 0.0723 e. The van der Waals surface area contributed by atoms with Gasteiger partial charge in [0.05, 0.1) is 4.32 Å². The van der Waals surface area contributed by atoms with Gasteiger partial charge >= 0.3 is 0 Å². The summed E-state index contributed by atoms with van der Waals surface area (Å²) >= 11 is 5.58. The molecule has 2 heteroatoms. The second kappa shape index (κ2) is 4.58. The van der Waals surface area contributed by atoms with Gasteiger partial charge < -0.3 is 0 Å². The van der Waals surface area contributed by atoms with Gasteiger partial charge in [0, 0.05) is 4.90 Å². The molecule has 0 radical (unpaired) electrons.